The van der Waals surface area contributed by atoms with Gasteiger partial charge in [0.25, 0.3) is 5.91 Å². The van der Waals surface area contributed by atoms with E-state index in [1.165, 1.54) is 11.3 Å². The van der Waals surface area contributed by atoms with E-state index >= 15 is 0 Å². The van der Waals surface area contributed by atoms with Crippen LogP contribution in [0.4, 0.5) is 0 Å². The molecule has 0 aliphatic rings. The molecule has 1 amide bonds. The lowest BCUT2D eigenvalue weighted by atomic mass is 10.3. The van der Waals surface area contributed by atoms with Gasteiger partial charge in [-0.05, 0) is 46.3 Å². The molecule has 2 rings (SSSR count). The number of ether oxygens (including phenoxy) is 1. The van der Waals surface area contributed by atoms with Crippen molar-refractivity contribution in [1.82, 2.24) is 5.43 Å². The van der Waals surface area contributed by atoms with E-state index < -0.39 is 0 Å². The van der Waals surface area contributed by atoms with Gasteiger partial charge in [-0.25, -0.2) is 5.43 Å². The Labute approximate surface area is 133 Å². The number of hydrogen-bond donors (Lipinski definition) is 1. The molecule has 7 heteroatoms. The highest BCUT2D eigenvalue weighted by molar-refractivity contribution is 9.10. The van der Waals surface area contributed by atoms with Crippen molar-refractivity contribution < 1.29 is 9.53 Å². The van der Waals surface area contributed by atoms with Crippen molar-refractivity contribution >= 4 is 51.0 Å². The summed E-state index contributed by atoms with van der Waals surface area (Å²) in [4.78, 5) is 12.4. The predicted octanol–water partition coefficient (Wildman–Crippen LogP) is 3.69. The van der Waals surface area contributed by atoms with Crippen LogP contribution in [0, 0.1) is 0 Å². The van der Waals surface area contributed by atoms with Gasteiger partial charge in [-0.15, -0.1) is 11.3 Å². The standard InChI is InChI=1S/C13H10BrClN2O2S/c14-9-5-12(20-8-9)6-16-17-13(18)7-19-11-3-1-10(15)2-4-11/h1-6,8H,7H2,(H,17,18). The first-order valence-electron chi connectivity index (χ1n) is 5.58. The average molecular weight is 374 g/mol. The Balaban J connectivity index is 1.75. The third-order valence-electron chi connectivity index (χ3n) is 2.15. The maximum absolute atomic E-state index is 11.5. The molecule has 0 unspecified atom stereocenters. The lowest BCUT2D eigenvalue weighted by Gasteiger charge is -2.04. The lowest BCUT2D eigenvalue weighted by Crippen LogP contribution is -2.24. The second kappa shape index (κ2) is 7.42. The maximum Gasteiger partial charge on any atom is 0.277 e. The molecule has 1 aromatic heterocycles. The van der Waals surface area contributed by atoms with Crippen LogP contribution in [0.2, 0.25) is 5.02 Å². The van der Waals surface area contributed by atoms with Crippen molar-refractivity contribution in [2.75, 3.05) is 6.61 Å². The fourth-order valence-electron chi connectivity index (χ4n) is 1.28. The van der Waals surface area contributed by atoms with E-state index in [-0.39, 0.29) is 12.5 Å². The summed E-state index contributed by atoms with van der Waals surface area (Å²) in [5.41, 5.74) is 2.39. The van der Waals surface area contributed by atoms with Crippen LogP contribution >= 0.6 is 38.9 Å². The van der Waals surface area contributed by atoms with Crippen LogP contribution in [-0.2, 0) is 4.79 Å². The average Bonchev–Trinajstić information content (AvgIpc) is 2.84. The van der Waals surface area contributed by atoms with Crippen molar-refractivity contribution in [1.29, 1.82) is 0 Å². The lowest BCUT2D eigenvalue weighted by molar-refractivity contribution is -0.123. The van der Waals surface area contributed by atoms with E-state index in [1.807, 2.05) is 11.4 Å². The Morgan fingerprint density at radius 2 is 2.20 bits per heavy atom. The molecule has 4 nitrogen and oxygen atoms in total. The van der Waals surface area contributed by atoms with Gasteiger partial charge in [-0.1, -0.05) is 11.6 Å². The van der Waals surface area contributed by atoms with Gasteiger partial charge in [-0.2, -0.15) is 5.10 Å². The highest BCUT2D eigenvalue weighted by Crippen LogP contribution is 2.17. The maximum atomic E-state index is 11.5. The molecule has 0 aliphatic heterocycles. The quantitative estimate of drug-likeness (QED) is 0.642. The molecule has 0 atom stereocenters. The van der Waals surface area contributed by atoms with Gasteiger partial charge >= 0.3 is 0 Å². The fourth-order valence-corrected chi connectivity index (χ4v) is 2.71. The zero-order valence-electron chi connectivity index (χ0n) is 10.2. The first-order chi connectivity index (χ1) is 9.63. The second-order valence-corrected chi connectivity index (χ2v) is 6.00. The molecule has 0 fully saturated rings. The number of benzene rings is 1. The van der Waals surface area contributed by atoms with Crippen LogP contribution in [0.25, 0.3) is 0 Å². The highest BCUT2D eigenvalue weighted by atomic mass is 79.9. The molecule has 104 valence electrons. The fraction of sp³-hybridized carbons (Fsp3) is 0.0769. The van der Waals surface area contributed by atoms with Crippen LogP contribution in [-0.4, -0.2) is 18.7 Å². The molecule has 0 radical (unpaired) electrons. The van der Waals surface area contributed by atoms with Gasteiger partial charge in [-0.3, -0.25) is 4.79 Å². The SMILES string of the molecule is O=C(COc1ccc(Cl)cc1)NN=Cc1cc(Br)cs1. The van der Waals surface area contributed by atoms with Crippen LogP contribution < -0.4 is 10.2 Å². The zero-order valence-corrected chi connectivity index (χ0v) is 13.3. The van der Waals surface area contributed by atoms with Crippen molar-refractivity contribution in [2.24, 2.45) is 5.10 Å². The Hall–Kier alpha value is -1.37. The molecule has 0 saturated carbocycles. The third-order valence-corrected chi connectivity index (χ3v) is 4.03. The van der Waals surface area contributed by atoms with E-state index in [0.29, 0.717) is 10.8 Å². The van der Waals surface area contributed by atoms with Gasteiger partial charge < -0.3 is 4.74 Å². The minimum Gasteiger partial charge on any atom is -0.484 e. The Kier molecular flexibility index (Phi) is 5.58. The topological polar surface area (TPSA) is 50.7 Å². The Morgan fingerprint density at radius 3 is 2.85 bits per heavy atom. The number of hydrogen-bond acceptors (Lipinski definition) is 4. The van der Waals surface area contributed by atoms with Crippen molar-refractivity contribution in [3.05, 3.63) is 50.1 Å². The summed E-state index contributed by atoms with van der Waals surface area (Å²) in [5.74, 6) is 0.252. The van der Waals surface area contributed by atoms with Crippen molar-refractivity contribution in [3.8, 4) is 5.75 Å². The minimum atomic E-state index is -0.327. The van der Waals surface area contributed by atoms with Crippen LogP contribution in [0.15, 0.2) is 45.3 Å². The van der Waals surface area contributed by atoms with E-state index in [2.05, 4.69) is 26.5 Å². The molecular formula is C13H10BrClN2O2S. The first kappa shape index (κ1) is 15.0. The summed E-state index contributed by atoms with van der Waals surface area (Å²) >= 11 is 10.6. The number of carbonyl (C=O) groups is 1. The van der Waals surface area contributed by atoms with Crippen LogP contribution in [0.3, 0.4) is 0 Å². The summed E-state index contributed by atoms with van der Waals surface area (Å²) in [5, 5.41) is 6.40. The monoisotopic (exact) mass is 372 g/mol. The molecule has 2 aromatic rings. The number of nitrogens with one attached hydrogen (secondary N) is 1. The highest BCUT2D eigenvalue weighted by Gasteiger charge is 2.01. The molecule has 1 aromatic carbocycles. The zero-order chi connectivity index (χ0) is 14.4. The Morgan fingerprint density at radius 1 is 1.45 bits per heavy atom. The van der Waals surface area contributed by atoms with Crippen molar-refractivity contribution in [2.45, 2.75) is 0 Å². The summed E-state index contributed by atoms with van der Waals surface area (Å²) in [7, 11) is 0. The van der Waals surface area contributed by atoms with Crippen LogP contribution in [0.1, 0.15) is 4.88 Å². The van der Waals surface area contributed by atoms with Gasteiger partial charge in [0.05, 0.1) is 6.21 Å². The summed E-state index contributed by atoms with van der Waals surface area (Å²) in [6.07, 6.45) is 1.58. The second-order valence-electron chi connectivity index (χ2n) is 3.70. The smallest absolute Gasteiger partial charge is 0.277 e. The molecular weight excluding hydrogens is 364 g/mol. The van der Waals surface area contributed by atoms with Crippen molar-refractivity contribution in [3.63, 3.8) is 0 Å². The molecule has 0 spiro atoms. The first-order valence-corrected chi connectivity index (χ1v) is 7.63. The number of thiophene rings is 1. The number of rotatable bonds is 5. The summed E-state index contributed by atoms with van der Waals surface area (Å²) < 4.78 is 6.27. The summed E-state index contributed by atoms with van der Waals surface area (Å²) in [6, 6.07) is 8.69. The number of amides is 1. The number of carbonyl (C=O) groups excluding carboxylic acids is 1. The van der Waals surface area contributed by atoms with Gasteiger partial charge in [0.15, 0.2) is 6.61 Å². The third kappa shape index (κ3) is 4.96. The van der Waals surface area contributed by atoms with Gasteiger partial charge in [0.1, 0.15) is 5.75 Å². The molecule has 20 heavy (non-hydrogen) atoms. The predicted molar refractivity (Wildman–Crippen MR) is 84.7 cm³/mol. The minimum absolute atomic E-state index is 0.104. The number of nitrogens with zero attached hydrogens (tertiary/aromatic N) is 1. The van der Waals surface area contributed by atoms with E-state index in [9.17, 15) is 4.79 Å². The molecule has 0 aliphatic carbocycles. The molecule has 0 saturated heterocycles. The Bertz CT molecular complexity index is 613. The molecule has 1 N–H and O–H groups in total. The van der Waals surface area contributed by atoms with Crippen LogP contribution in [0.5, 0.6) is 5.75 Å². The van der Waals surface area contributed by atoms with E-state index in [1.54, 1.807) is 30.5 Å². The largest absolute Gasteiger partial charge is 0.484 e. The number of halogens is 2. The van der Waals surface area contributed by atoms with Gasteiger partial charge in [0.2, 0.25) is 0 Å². The van der Waals surface area contributed by atoms with Gasteiger partial charge in [0, 0.05) is 19.8 Å². The molecule has 0 bridgehead atoms. The molecule has 1 heterocycles. The number of hydrazone groups is 1. The van der Waals surface area contributed by atoms with E-state index in [0.717, 1.165) is 9.35 Å². The van der Waals surface area contributed by atoms with E-state index in [4.69, 9.17) is 16.3 Å². The normalized spacial score (nSPS) is 10.7. The summed E-state index contributed by atoms with van der Waals surface area (Å²) in [6.45, 7) is -0.104.